The molecule has 1 amide bonds. The van der Waals surface area contributed by atoms with Crippen molar-refractivity contribution in [1.29, 1.82) is 0 Å². The number of amides is 1. The van der Waals surface area contributed by atoms with E-state index in [2.05, 4.69) is 16.6 Å². The van der Waals surface area contributed by atoms with Crippen LogP contribution in [0.4, 0.5) is 0 Å². The molecule has 1 aliphatic carbocycles. The highest BCUT2D eigenvalue weighted by molar-refractivity contribution is 5.86. The first-order chi connectivity index (χ1) is 12.7. The third-order valence-electron chi connectivity index (χ3n) is 4.85. The quantitative estimate of drug-likeness (QED) is 0.901. The van der Waals surface area contributed by atoms with Crippen LogP contribution in [-0.2, 0) is 17.6 Å². The summed E-state index contributed by atoms with van der Waals surface area (Å²) in [6.45, 7) is 2.67. The van der Waals surface area contributed by atoms with Crippen LogP contribution in [0.5, 0.6) is 11.5 Å². The summed E-state index contributed by atoms with van der Waals surface area (Å²) in [5, 5.41) is 3.92. The number of hydrazone groups is 1. The normalized spacial score (nSPS) is 21.2. The molecule has 1 aliphatic heterocycles. The molecule has 0 saturated heterocycles. The first kappa shape index (κ1) is 16.6. The largest absolute Gasteiger partial charge is 0.494 e. The molecule has 2 aromatic carbocycles. The number of nitrogens with one attached hydrogen (secondary N) is 1. The van der Waals surface area contributed by atoms with Gasteiger partial charge in [-0.2, -0.15) is 5.10 Å². The van der Waals surface area contributed by atoms with Crippen LogP contribution in [0.25, 0.3) is 0 Å². The van der Waals surface area contributed by atoms with Gasteiger partial charge in [0.15, 0.2) is 0 Å². The molecule has 0 spiro atoms. The molecule has 0 saturated carbocycles. The maximum atomic E-state index is 11.6. The van der Waals surface area contributed by atoms with Gasteiger partial charge in [-0.05, 0) is 36.2 Å². The molecule has 2 atom stereocenters. The zero-order valence-electron chi connectivity index (χ0n) is 14.8. The lowest BCUT2D eigenvalue weighted by molar-refractivity contribution is -0.121. The van der Waals surface area contributed by atoms with Crippen LogP contribution in [0.1, 0.15) is 36.0 Å². The van der Waals surface area contributed by atoms with E-state index in [0.29, 0.717) is 13.0 Å². The van der Waals surface area contributed by atoms with E-state index in [1.807, 2.05) is 43.3 Å². The van der Waals surface area contributed by atoms with E-state index < -0.39 is 0 Å². The number of carbonyl (C=O) groups is 1. The summed E-state index contributed by atoms with van der Waals surface area (Å²) in [6.07, 6.45) is 4.03. The number of fused-ring (bicyclic) bond motifs is 1. The summed E-state index contributed by atoms with van der Waals surface area (Å²) < 4.78 is 12.0. The zero-order valence-corrected chi connectivity index (χ0v) is 14.8. The molecule has 0 bridgehead atoms. The van der Waals surface area contributed by atoms with Crippen molar-refractivity contribution in [1.82, 2.24) is 5.43 Å². The van der Waals surface area contributed by atoms with Gasteiger partial charge in [0.2, 0.25) is 5.91 Å². The highest BCUT2D eigenvalue weighted by Crippen LogP contribution is 2.33. The standard InChI is InChI=1S/C21H22N2O3/c1-2-25-20-8-4-6-15-10-18(12-19(15)20)26-17-7-3-5-14(9-17)16-11-21(24)23-22-13-16/h3-9,13,16,18H,2,10-12H2,1H3,(H,23,24). The van der Waals surface area contributed by atoms with Crippen LogP contribution in [0.3, 0.4) is 0 Å². The van der Waals surface area contributed by atoms with Crippen molar-refractivity contribution in [3.05, 3.63) is 59.2 Å². The van der Waals surface area contributed by atoms with Crippen LogP contribution < -0.4 is 14.9 Å². The van der Waals surface area contributed by atoms with Crippen LogP contribution >= 0.6 is 0 Å². The maximum absolute atomic E-state index is 11.6. The van der Waals surface area contributed by atoms with Crippen molar-refractivity contribution in [2.45, 2.75) is 38.2 Å². The molecular formula is C21H22N2O3. The van der Waals surface area contributed by atoms with E-state index in [-0.39, 0.29) is 17.9 Å². The van der Waals surface area contributed by atoms with Gasteiger partial charge in [-0.3, -0.25) is 4.79 Å². The summed E-state index contributed by atoms with van der Waals surface area (Å²) in [7, 11) is 0. The SMILES string of the molecule is CCOc1cccc2c1CC(Oc1cccc(C3C=NNC(=O)C3)c1)C2. The number of nitrogens with zero attached hydrogens (tertiary/aromatic N) is 1. The Labute approximate surface area is 153 Å². The van der Waals surface area contributed by atoms with Crippen LogP contribution in [0.2, 0.25) is 0 Å². The lowest BCUT2D eigenvalue weighted by Crippen LogP contribution is -2.26. The predicted octanol–water partition coefficient (Wildman–Crippen LogP) is 3.22. The fourth-order valence-corrected chi connectivity index (χ4v) is 3.67. The number of benzene rings is 2. The van der Waals surface area contributed by atoms with Gasteiger partial charge in [0.05, 0.1) is 6.61 Å². The van der Waals surface area contributed by atoms with E-state index in [0.717, 1.165) is 29.9 Å². The Kier molecular flexibility index (Phi) is 4.61. The fourth-order valence-electron chi connectivity index (χ4n) is 3.67. The van der Waals surface area contributed by atoms with Gasteiger partial charge in [0.25, 0.3) is 0 Å². The van der Waals surface area contributed by atoms with Gasteiger partial charge in [0, 0.05) is 37.0 Å². The summed E-state index contributed by atoms with van der Waals surface area (Å²) in [6, 6.07) is 14.2. The Morgan fingerprint density at radius 3 is 2.88 bits per heavy atom. The van der Waals surface area contributed by atoms with Gasteiger partial charge in [-0.15, -0.1) is 0 Å². The van der Waals surface area contributed by atoms with Crippen molar-refractivity contribution < 1.29 is 14.3 Å². The minimum atomic E-state index is -0.0569. The lowest BCUT2D eigenvalue weighted by Gasteiger charge is -2.18. The van der Waals surface area contributed by atoms with Gasteiger partial charge >= 0.3 is 0 Å². The van der Waals surface area contributed by atoms with Crippen LogP contribution in [-0.4, -0.2) is 24.8 Å². The maximum Gasteiger partial charge on any atom is 0.241 e. The molecule has 1 heterocycles. The molecule has 2 aliphatic rings. The Balaban J connectivity index is 1.48. The Morgan fingerprint density at radius 1 is 1.15 bits per heavy atom. The summed E-state index contributed by atoms with van der Waals surface area (Å²) in [5.74, 6) is 1.74. The molecule has 5 nitrogen and oxygen atoms in total. The second kappa shape index (κ2) is 7.20. The molecule has 1 N–H and O–H groups in total. The van der Waals surface area contributed by atoms with Crippen molar-refractivity contribution >= 4 is 12.1 Å². The molecule has 5 heteroatoms. The lowest BCUT2D eigenvalue weighted by atomic mass is 9.96. The third-order valence-corrected chi connectivity index (χ3v) is 4.85. The minimum absolute atomic E-state index is 0.00219. The summed E-state index contributed by atoms with van der Waals surface area (Å²) in [5.41, 5.74) is 6.07. The summed E-state index contributed by atoms with van der Waals surface area (Å²) >= 11 is 0. The van der Waals surface area contributed by atoms with E-state index in [9.17, 15) is 4.79 Å². The van der Waals surface area contributed by atoms with Gasteiger partial charge in [0.1, 0.15) is 17.6 Å². The molecule has 26 heavy (non-hydrogen) atoms. The van der Waals surface area contributed by atoms with Crippen molar-refractivity contribution in [3.63, 3.8) is 0 Å². The molecular weight excluding hydrogens is 328 g/mol. The average Bonchev–Trinajstić information content (AvgIpc) is 3.06. The Bertz CT molecular complexity index is 847. The average molecular weight is 350 g/mol. The molecule has 0 fully saturated rings. The third kappa shape index (κ3) is 3.43. The number of rotatable bonds is 5. The van der Waals surface area contributed by atoms with Crippen molar-refractivity contribution in [2.24, 2.45) is 5.10 Å². The van der Waals surface area contributed by atoms with Crippen molar-refractivity contribution in [2.75, 3.05) is 6.61 Å². The number of ether oxygens (including phenoxy) is 2. The number of hydrogen-bond donors (Lipinski definition) is 1. The monoisotopic (exact) mass is 350 g/mol. The Morgan fingerprint density at radius 2 is 2.04 bits per heavy atom. The van der Waals surface area contributed by atoms with Crippen LogP contribution in [0.15, 0.2) is 47.6 Å². The molecule has 0 aromatic heterocycles. The highest BCUT2D eigenvalue weighted by Gasteiger charge is 2.26. The van der Waals surface area contributed by atoms with E-state index in [1.54, 1.807) is 6.21 Å². The zero-order chi connectivity index (χ0) is 17.9. The van der Waals surface area contributed by atoms with E-state index in [4.69, 9.17) is 9.47 Å². The molecule has 134 valence electrons. The smallest absolute Gasteiger partial charge is 0.241 e. The second-order valence-electron chi connectivity index (χ2n) is 6.67. The van der Waals surface area contributed by atoms with Gasteiger partial charge < -0.3 is 9.47 Å². The van der Waals surface area contributed by atoms with Gasteiger partial charge in [-0.25, -0.2) is 5.43 Å². The fraction of sp³-hybridized carbons (Fsp3) is 0.333. The number of hydrogen-bond acceptors (Lipinski definition) is 4. The second-order valence-corrected chi connectivity index (χ2v) is 6.67. The van der Waals surface area contributed by atoms with Crippen LogP contribution in [0, 0.1) is 0 Å². The van der Waals surface area contributed by atoms with E-state index in [1.165, 1.54) is 11.1 Å². The highest BCUT2D eigenvalue weighted by atomic mass is 16.5. The Hall–Kier alpha value is -2.82. The minimum Gasteiger partial charge on any atom is -0.494 e. The van der Waals surface area contributed by atoms with Gasteiger partial charge in [-0.1, -0.05) is 24.3 Å². The molecule has 4 rings (SSSR count). The first-order valence-corrected chi connectivity index (χ1v) is 9.05. The molecule has 2 aromatic rings. The summed E-state index contributed by atoms with van der Waals surface area (Å²) in [4.78, 5) is 11.6. The molecule has 0 radical (unpaired) electrons. The van der Waals surface area contributed by atoms with E-state index >= 15 is 0 Å². The topological polar surface area (TPSA) is 59.9 Å². The first-order valence-electron chi connectivity index (χ1n) is 9.05. The molecule has 2 unspecified atom stereocenters. The number of carbonyl (C=O) groups excluding carboxylic acids is 1. The van der Waals surface area contributed by atoms with Crippen molar-refractivity contribution in [3.8, 4) is 11.5 Å². The predicted molar refractivity (Wildman–Crippen MR) is 99.9 cm³/mol.